The van der Waals surface area contributed by atoms with Crippen LogP contribution in [-0.2, 0) is 0 Å². The minimum absolute atomic E-state index is 0.189. The topological polar surface area (TPSA) is 72.5 Å². The van der Waals surface area contributed by atoms with E-state index in [1.54, 1.807) is 19.5 Å². The zero-order chi connectivity index (χ0) is 19.7. The normalized spacial score (nSPS) is 17.3. The first-order chi connectivity index (χ1) is 13.4. The van der Waals surface area contributed by atoms with Crippen molar-refractivity contribution in [2.24, 2.45) is 0 Å². The molecule has 2 amide bonds. The van der Waals surface area contributed by atoms with E-state index in [0.29, 0.717) is 6.42 Å². The summed E-state index contributed by atoms with van der Waals surface area (Å²) in [5, 5.41) is 7.98. The Balaban J connectivity index is 1.59. The molecule has 0 bridgehead atoms. The zero-order valence-corrected chi connectivity index (χ0v) is 16.2. The highest BCUT2D eigenvalue weighted by molar-refractivity contribution is 6.01. The predicted octanol–water partition coefficient (Wildman–Crippen LogP) is 4.67. The minimum atomic E-state index is -0.384. The fourth-order valence-electron chi connectivity index (χ4n) is 3.64. The Hall–Kier alpha value is -3.28. The standard InChI is InChI=1S/C22H23N3O3/c1-22(2)12-19(17-11-15(27-3)7-8-20(17)28-22)25-21(26)24-18-6-4-5-14-13-23-10-9-16(14)18/h4-11,13,19H,12H2,1-3H3,(H2,24,25,26). The van der Waals surface area contributed by atoms with E-state index in [-0.39, 0.29) is 17.7 Å². The van der Waals surface area contributed by atoms with Crippen LogP contribution in [-0.4, -0.2) is 23.7 Å². The Labute approximate surface area is 163 Å². The van der Waals surface area contributed by atoms with Crippen molar-refractivity contribution in [1.82, 2.24) is 10.3 Å². The maximum Gasteiger partial charge on any atom is 0.319 e. The summed E-state index contributed by atoms with van der Waals surface area (Å²) in [6, 6.07) is 12.9. The number of carbonyl (C=O) groups is 1. The molecule has 0 saturated carbocycles. The largest absolute Gasteiger partial charge is 0.497 e. The summed E-state index contributed by atoms with van der Waals surface area (Å²) in [5.41, 5.74) is 1.27. The first-order valence-electron chi connectivity index (χ1n) is 9.22. The fourth-order valence-corrected chi connectivity index (χ4v) is 3.64. The molecule has 28 heavy (non-hydrogen) atoms. The molecule has 0 spiro atoms. The Morgan fingerprint density at radius 2 is 2.11 bits per heavy atom. The zero-order valence-electron chi connectivity index (χ0n) is 16.2. The number of rotatable bonds is 3. The highest BCUT2D eigenvalue weighted by Gasteiger charge is 2.35. The number of pyridine rings is 1. The van der Waals surface area contributed by atoms with E-state index in [9.17, 15) is 4.79 Å². The van der Waals surface area contributed by atoms with Crippen LogP contribution >= 0.6 is 0 Å². The van der Waals surface area contributed by atoms with E-state index in [0.717, 1.165) is 33.5 Å². The summed E-state index contributed by atoms with van der Waals surface area (Å²) >= 11 is 0. The van der Waals surface area contributed by atoms with Gasteiger partial charge in [0.1, 0.15) is 17.1 Å². The number of amides is 2. The lowest BCUT2D eigenvalue weighted by Gasteiger charge is -2.38. The number of benzene rings is 2. The molecule has 4 rings (SSSR count). The van der Waals surface area contributed by atoms with Gasteiger partial charge in [0.15, 0.2) is 0 Å². The number of carbonyl (C=O) groups excluding carboxylic acids is 1. The average molecular weight is 377 g/mol. The highest BCUT2D eigenvalue weighted by Crippen LogP contribution is 2.41. The smallest absolute Gasteiger partial charge is 0.319 e. The van der Waals surface area contributed by atoms with Crippen molar-refractivity contribution in [2.45, 2.75) is 31.9 Å². The molecule has 1 aliphatic rings. The highest BCUT2D eigenvalue weighted by atomic mass is 16.5. The second-order valence-corrected chi connectivity index (χ2v) is 7.52. The number of ether oxygens (including phenoxy) is 2. The summed E-state index contributed by atoms with van der Waals surface area (Å²) in [6.45, 7) is 4.04. The van der Waals surface area contributed by atoms with Crippen molar-refractivity contribution in [3.05, 3.63) is 60.4 Å². The lowest BCUT2D eigenvalue weighted by atomic mass is 9.89. The van der Waals surface area contributed by atoms with Gasteiger partial charge in [0, 0.05) is 35.2 Å². The molecular formula is C22H23N3O3. The fraction of sp³-hybridized carbons (Fsp3) is 0.273. The maximum absolute atomic E-state index is 12.8. The first-order valence-corrected chi connectivity index (χ1v) is 9.22. The Morgan fingerprint density at radius 3 is 2.93 bits per heavy atom. The maximum atomic E-state index is 12.8. The van der Waals surface area contributed by atoms with Crippen LogP contribution in [0.2, 0.25) is 0 Å². The second-order valence-electron chi connectivity index (χ2n) is 7.52. The molecule has 144 valence electrons. The summed E-state index contributed by atoms with van der Waals surface area (Å²) in [5.74, 6) is 1.49. The van der Waals surface area contributed by atoms with Gasteiger partial charge in [-0.2, -0.15) is 0 Å². The number of hydrogen-bond donors (Lipinski definition) is 2. The molecule has 1 aliphatic heterocycles. The van der Waals surface area contributed by atoms with Crippen molar-refractivity contribution < 1.29 is 14.3 Å². The van der Waals surface area contributed by atoms with Crippen LogP contribution in [0.4, 0.5) is 10.5 Å². The third-order valence-electron chi connectivity index (χ3n) is 4.91. The summed E-state index contributed by atoms with van der Waals surface area (Å²) in [6.07, 6.45) is 4.15. The third-order valence-corrected chi connectivity index (χ3v) is 4.91. The van der Waals surface area contributed by atoms with Gasteiger partial charge in [-0.1, -0.05) is 12.1 Å². The molecular weight excluding hydrogens is 354 g/mol. The molecule has 3 aromatic rings. The van der Waals surface area contributed by atoms with Crippen LogP contribution in [0.15, 0.2) is 54.9 Å². The second kappa shape index (κ2) is 7.03. The summed E-state index contributed by atoms with van der Waals surface area (Å²) in [7, 11) is 1.62. The molecule has 0 radical (unpaired) electrons. The molecule has 0 saturated heterocycles. The molecule has 6 heteroatoms. The van der Waals surface area contributed by atoms with Gasteiger partial charge in [-0.25, -0.2) is 4.79 Å². The molecule has 2 N–H and O–H groups in total. The van der Waals surface area contributed by atoms with Gasteiger partial charge in [-0.05, 0) is 44.2 Å². The van der Waals surface area contributed by atoms with E-state index in [4.69, 9.17) is 9.47 Å². The van der Waals surface area contributed by atoms with Gasteiger partial charge in [0.25, 0.3) is 0 Å². The predicted molar refractivity (Wildman–Crippen MR) is 109 cm³/mol. The van der Waals surface area contributed by atoms with Crippen molar-refractivity contribution in [3.8, 4) is 11.5 Å². The molecule has 2 heterocycles. The van der Waals surface area contributed by atoms with E-state index in [1.165, 1.54) is 0 Å². The number of hydrogen-bond acceptors (Lipinski definition) is 4. The molecule has 1 aromatic heterocycles. The van der Waals surface area contributed by atoms with Gasteiger partial charge in [-0.3, -0.25) is 4.98 Å². The van der Waals surface area contributed by atoms with Crippen molar-refractivity contribution in [1.29, 1.82) is 0 Å². The number of urea groups is 1. The first kappa shape index (κ1) is 18.1. The number of fused-ring (bicyclic) bond motifs is 2. The van der Waals surface area contributed by atoms with E-state index in [1.807, 2.05) is 56.3 Å². The van der Waals surface area contributed by atoms with Crippen molar-refractivity contribution in [3.63, 3.8) is 0 Å². The van der Waals surface area contributed by atoms with Crippen LogP contribution < -0.4 is 20.1 Å². The SMILES string of the molecule is COc1ccc2c(c1)C(NC(=O)Nc1cccc3cnccc13)CC(C)(C)O2. The van der Waals surface area contributed by atoms with Crippen molar-refractivity contribution in [2.75, 3.05) is 12.4 Å². The van der Waals surface area contributed by atoms with Crippen LogP contribution in [0.3, 0.4) is 0 Å². The monoisotopic (exact) mass is 377 g/mol. The van der Waals surface area contributed by atoms with Gasteiger partial charge in [-0.15, -0.1) is 0 Å². The number of nitrogens with one attached hydrogen (secondary N) is 2. The van der Waals surface area contributed by atoms with Gasteiger partial charge in [0.2, 0.25) is 0 Å². The number of nitrogens with zero attached hydrogens (tertiary/aromatic N) is 1. The van der Waals surface area contributed by atoms with Gasteiger partial charge in [0.05, 0.1) is 18.8 Å². The summed E-state index contributed by atoms with van der Waals surface area (Å²) < 4.78 is 11.4. The van der Waals surface area contributed by atoms with Crippen molar-refractivity contribution >= 4 is 22.5 Å². The number of anilines is 1. The molecule has 0 aliphatic carbocycles. The van der Waals surface area contributed by atoms with E-state index >= 15 is 0 Å². The molecule has 1 unspecified atom stereocenters. The van der Waals surface area contributed by atoms with Crippen LogP contribution in [0.5, 0.6) is 11.5 Å². The van der Waals surface area contributed by atoms with E-state index in [2.05, 4.69) is 15.6 Å². The summed E-state index contributed by atoms with van der Waals surface area (Å²) in [4.78, 5) is 16.9. The Kier molecular flexibility index (Phi) is 4.55. The van der Waals surface area contributed by atoms with Crippen LogP contribution in [0.1, 0.15) is 31.9 Å². The lowest BCUT2D eigenvalue weighted by Crippen LogP contribution is -2.42. The quantitative estimate of drug-likeness (QED) is 0.696. The molecule has 2 aromatic carbocycles. The molecule has 6 nitrogen and oxygen atoms in total. The van der Waals surface area contributed by atoms with E-state index < -0.39 is 0 Å². The van der Waals surface area contributed by atoms with Crippen LogP contribution in [0.25, 0.3) is 10.8 Å². The van der Waals surface area contributed by atoms with Gasteiger partial charge < -0.3 is 20.1 Å². The van der Waals surface area contributed by atoms with Gasteiger partial charge >= 0.3 is 6.03 Å². The average Bonchev–Trinajstić information content (AvgIpc) is 2.67. The minimum Gasteiger partial charge on any atom is -0.497 e. The Bertz CT molecular complexity index is 1030. The lowest BCUT2D eigenvalue weighted by molar-refractivity contribution is 0.0681. The molecule has 0 fully saturated rings. The number of methoxy groups -OCH3 is 1. The number of aromatic nitrogens is 1. The molecule has 1 atom stereocenters. The van der Waals surface area contributed by atoms with Crippen LogP contribution in [0, 0.1) is 0 Å². The third kappa shape index (κ3) is 3.58. The Morgan fingerprint density at radius 1 is 1.25 bits per heavy atom.